The summed E-state index contributed by atoms with van der Waals surface area (Å²) in [5.74, 6) is -0.436. The monoisotopic (exact) mass is 425 g/mol. The van der Waals surface area contributed by atoms with Gasteiger partial charge in [0, 0.05) is 23.4 Å². The summed E-state index contributed by atoms with van der Waals surface area (Å²) < 4.78 is 32.2. The van der Waals surface area contributed by atoms with E-state index < -0.39 is 21.5 Å². The Morgan fingerprint density at radius 1 is 1.25 bits per heavy atom. The van der Waals surface area contributed by atoms with Crippen molar-refractivity contribution >= 4 is 27.3 Å². The van der Waals surface area contributed by atoms with Crippen molar-refractivity contribution in [3.05, 3.63) is 33.5 Å². The van der Waals surface area contributed by atoms with Crippen LogP contribution in [0.3, 0.4) is 0 Å². The average molecular weight is 426 g/mol. The molecule has 0 bridgehead atoms. The number of carbonyl (C=O) groups is 1. The minimum atomic E-state index is -3.80. The quantitative estimate of drug-likeness (QED) is 0.664. The Labute approximate surface area is 170 Å². The number of hydrogen-bond acceptors (Lipinski definition) is 6. The van der Waals surface area contributed by atoms with E-state index in [1.54, 1.807) is 32.1 Å². The third-order valence-electron chi connectivity index (χ3n) is 4.25. The van der Waals surface area contributed by atoms with Crippen molar-refractivity contribution in [2.24, 2.45) is 0 Å². The molecule has 9 heteroatoms. The Hall–Kier alpha value is -1.71. The van der Waals surface area contributed by atoms with Gasteiger partial charge in [0.05, 0.1) is 10.7 Å². The van der Waals surface area contributed by atoms with E-state index in [-0.39, 0.29) is 10.9 Å². The SMILES string of the molecule is CC(C)(C)NS(=O)(=O)c1ccc(C(=O)NCCCc2nc3c(s2)CCCC3)o1. The van der Waals surface area contributed by atoms with E-state index in [9.17, 15) is 13.2 Å². The maximum Gasteiger partial charge on any atom is 0.287 e. The van der Waals surface area contributed by atoms with E-state index in [1.807, 2.05) is 0 Å². The molecule has 2 heterocycles. The maximum atomic E-state index is 12.2. The van der Waals surface area contributed by atoms with E-state index in [4.69, 9.17) is 9.40 Å². The van der Waals surface area contributed by atoms with Crippen LogP contribution in [0.25, 0.3) is 0 Å². The standard InChI is InChI=1S/C19H27N3O4S2/c1-19(2,3)22-28(24,25)17-11-10-14(26-17)18(23)20-12-6-9-16-21-13-7-4-5-8-15(13)27-16/h10-11,22H,4-9,12H2,1-3H3,(H,20,23). The molecule has 0 unspecified atom stereocenters. The predicted octanol–water partition coefficient (Wildman–Crippen LogP) is 3.05. The topological polar surface area (TPSA) is 101 Å². The van der Waals surface area contributed by atoms with Crippen LogP contribution in [0.2, 0.25) is 0 Å². The van der Waals surface area contributed by atoms with Gasteiger partial charge in [0.15, 0.2) is 5.76 Å². The number of amides is 1. The molecule has 28 heavy (non-hydrogen) atoms. The van der Waals surface area contributed by atoms with Crippen LogP contribution in [0, 0.1) is 0 Å². The molecule has 1 amide bonds. The van der Waals surface area contributed by atoms with Crippen molar-refractivity contribution in [1.29, 1.82) is 0 Å². The van der Waals surface area contributed by atoms with Crippen LogP contribution in [-0.4, -0.2) is 31.4 Å². The Kier molecular flexibility index (Phi) is 6.26. The highest BCUT2D eigenvalue weighted by atomic mass is 32.2. The van der Waals surface area contributed by atoms with Gasteiger partial charge in [-0.25, -0.2) is 18.1 Å². The fourth-order valence-electron chi connectivity index (χ4n) is 3.08. The van der Waals surface area contributed by atoms with Gasteiger partial charge in [-0.2, -0.15) is 0 Å². The van der Waals surface area contributed by atoms with Crippen molar-refractivity contribution in [1.82, 2.24) is 15.0 Å². The summed E-state index contributed by atoms with van der Waals surface area (Å²) >= 11 is 1.79. The smallest absolute Gasteiger partial charge is 0.287 e. The first kappa shape index (κ1) is 21.0. The number of carbonyl (C=O) groups excluding carboxylic acids is 1. The molecule has 2 aromatic heterocycles. The first-order valence-corrected chi connectivity index (χ1v) is 11.8. The zero-order valence-corrected chi connectivity index (χ0v) is 18.1. The van der Waals surface area contributed by atoms with Gasteiger partial charge in [0.1, 0.15) is 0 Å². The van der Waals surface area contributed by atoms with Gasteiger partial charge in [-0.05, 0) is 65.0 Å². The molecular weight excluding hydrogens is 398 g/mol. The minimum Gasteiger partial charge on any atom is -0.438 e. The molecule has 0 radical (unpaired) electrons. The summed E-state index contributed by atoms with van der Waals surface area (Å²) in [5.41, 5.74) is 0.617. The number of fused-ring (bicyclic) bond motifs is 1. The lowest BCUT2D eigenvalue weighted by atomic mass is 10.0. The molecule has 0 saturated carbocycles. The van der Waals surface area contributed by atoms with Crippen LogP contribution in [0.4, 0.5) is 0 Å². The van der Waals surface area contributed by atoms with Crippen molar-refractivity contribution in [2.75, 3.05) is 6.54 Å². The van der Waals surface area contributed by atoms with E-state index in [0.717, 1.165) is 30.7 Å². The highest BCUT2D eigenvalue weighted by Crippen LogP contribution is 2.27. The van der Waals surface area contributed by atoms with E-state index >= 15 is 0 Å². The second-order valence-corrected chi connectivity index (χ2v) is 10.8. The van der Waals surface area contributed by atoms with Gasteiger partial charge in [-0.15, -0.1) is 11.3 Å². The van der Waals surface area contributed by atoms with Gasteiger partial charge in [0.25, 0.3) is 15.9 Å². The summed E-state index contributed by atoms with van der Waals surface area (Å²) in [6, 6.07) is 2.67. The zero-order chi connectivity index (χ0) is 20.4. The van der Waals surface area contributed by atoms with Crippen LogP contribution in [0.5, 0.6) is 0 Å². The Morgan fingerprint density at radius 3 is 2.71 bits per heavy atom. The molecule has 154 valence electrons. The van der Waals surface area contributed by atoms with Gasteiger partial charge in [-0.1, -0.05) is 0 Å². The molecule has 0 aromatic carbocycles. The first-order chi connectivity index (χ1) is 13.1. The second-order valence-electron chi connectivity index (χ2n) is 8.02. The minimum absolute atomic E-state index is 0.0148. The third kappa shape index (κ3) is 5.42. The van der Waals surface area contributed by atoms with Crippen molar-refractivity contribution in [3.63, 3.8) is 0 Å². The highest BCUT2D eigenvalue weighted by molar-refractivity contribution is 7.89. The number of furan rings is 1. The zero-order valence-electron chi connectivity index (χ0n) is 16.5. The third-order valence-corrected chi connectivity index (χ3v) is 7.10. The Bertz CT molecular complexity index is 915. The number of thiazole rings is 1. The summed E-state index contributed by atoms with van der Waals surface area (Å²) in [6.07, 6.45) is 6.28. The molecule has 0 saturated heterocycles. The summed E-state index contributed by atoms with van der Waals surface area (Å²) in [5, 5.41) is 3.64. The van der Waals surface area contributed by atoms with Crippen molar-refractivity contribution in [3.8, 4) is 0 Å². The van der Waals surface area contributed by atoms with Gasteiger partial charge in [0.2, 0.25) is 5.09 Å². The molecule has 0 fully saturated rings. The number of nitrogens with one attached hydrogen (secondary N) is 2. The Morgan fingerprint density at radius 2 is 2.00 bits per heavy atom. The highest BCUT2D eigenvalue weighted by Gasteiger charge is 2.26. The van der Waals surface area contributed by atoms with E-state index in [1.165, 1.54) is 35.5 Å². The molecule has 7 nitrogen and oxygen atoms in total. The molecule has 0 spiro atoms. The molecular formula is C19H27N3O4S2. The normalized spacial score (nSPS) is 14.7. The maximum absolute atomic E-state index is 12.2. The molecule has 2 aromatic rings. The summed E-state index contributed by atoms with van der Waals surface area (Å²) in [7, 11) is -3.80. The van der Waals surface area contributed by atoms with Gasteiger partial charge in [-0.3, -0.25) is 4.79 Å². The van der Waals surface area contributed by atoms with Crippen LogP contribution >= 0.6 is 11.3 Å². The van der Waals surface area contributed by atoms with E-state index in [0.29, 0.717) is 6.54 Å². The van der Waals surface area contributed by atoms with Crippen LogP contribution in [0.15, 0.2) is 21.6 Å². The second kappa shape index (κ2) is 8.34. The molecule has 1 aliphatic rings. The predicted molar refractivity (Wildman–Crippen MR) is 108 cm³/mol. The van der Waals surface area contributed by atoms with Gasteiger partial charge < -0.3 is 9.73 Å². The first-order valence-electron chi connectivity index (χ1n) is 9.53. The number of rotatable bonds is 7. The van der Waals surface area contributed by atoms with Crippen molar-refractivity contribution < 1.29 is 17.6 Å². The summed E-state index contributed by atoms with van der Waals surface area (Å²) in [4.78, 5) is 18.3. The lowest BCUT2D eigenvalue weighted by Crippen LogP contribution is -2.40. The number of aromatic nitrogens is 1. The number of nitrogens with zero attached hydrogens (tertiary/aromatic N) is 1. The molecule has 0 atom stereocenters. The molecule has 0 aliphatic heterocycles. The molecule has 3 rings (SSSR count). The average Bonchev–Trinajstić information content (AvgIpc) is 3.23. The summed E-state index contributed by atoms with van der Waals surface area (Å²) in [6.45, 7) is 5.69. The van der Waals surface area contributed by atoms with Crippen molar-refractivity contribution in [2.45, 2.75) is 69.9 Å². The molecule has 2 N–H and O–H groups in total. The largest absolute Gasteiger partial charge is 0.438 e. The number of aryl methyl sites for hydroxylation is 3. The van der Waals surface area contributed by atoms with Crippen LogP contribution in [0.1, 0.15) is 66.2 Å². The van der Waals surface area contributed by atoms with Gasteiger partial charge >= 0.3 is 0 Å². The fourth-order valence-corrected chi connectivity index (χ4v) is 5.63. The number of sulfonamides is 1. The number of hydrogen-bond donors (Lipinski definition) is 2. The fraction of sp³-hybridized carbons (Fsp3) is 0.579. The molecule has 1 aliphatic carbocycles. The van der Waals surface area contributed by atoms with E-state index in [2.05, 4.69) is 10.0 Å². The van der Waals surface area contributed by atoms with Crippen LogP contribution in [-0.2, 0) is 29.3 Å². The lowest BCUT2D eigenvalue weighted by Gasteiger charge is -2.18. The lowest BCUT2D eigenvalue weighted by molar-refractivity contribution is 0.0920. The Balaban J connectivity index is 1.49. The van der Waals surface area contributed by atoms with Crippen LogP contribution < -0.4 is 10.0 Å².